The first-order chi connectivity index (χ1) is 9.20. The number of nitriles is 1. The molecule has 2 unspecified atom stereocenters. The normalized spacial score (nSPS) is 25.3. The Balaban J connectivity index is 2.04. The maximum atomic E-state index is 9.32. The second-order valence-corrected chi connectivity index (χ2v) is 6.34. The summed E-state index contributed by atoms with van der Waals surface area (Å²) in [6.45, 7) is 2.18. The van der Waals surface area contributed by atoms with Crippen LogP contribution in [0.15, 0.2) is 28.7 Å². The van der Waals surface area contributed by atoms with Crippen molar-refractivity contribution >= 4 is 15.9 Å². The van der Waals surface area contributed by atoms with Gasteiger partial charge in [0, 0.05) is 16.6 Å². The maximum Gasteiger partial charge on any atom is 0.0672 e. The monoisotopic (exact) mass is 320 g/mol. The molecule has 1 aromatic rings. The molecule has 0 aliphatic heterocycles. The van der Waals surface area contributed by atoms with Crippen molar-refractivity contribution in [1.29, 1.82) is 5.26 Å². The molecule has 1 aromatic carbocycles. The van der Waals surface area contributed by atoms with Crippen LogP contribution in [0.2, 0.25) is 0 Å². The first kappa shape index (κ1) is 14.6. The Hall–Kier alpha value is -0.850. The van der Waals surface area contributed by atoms with Gasteiger partial charge in [-0.05, 0) is 37.5 Å². The summed E-state index contributed by atoms with van der Waals surface area (Å²) in [5.74, 6) is 0.164. The number of nitrogens with zero attached hydrogens (tertiary/aromatic N) is 1. The van der Waals surface area contributed by atoms with E-state index in [1.165, 1.54) is 24.8 Å². The van der Waals surface area contributed by atoms with Crippen LogP contribution >= 0.6 is 15.9 Å². The van der Waals surface area contributed by atoms with Crippen molar-refractivity contribution in [2.24, 2.45) is 5.92 Å². The number of rotatable bonds is 3. The SMILES string of the molecule is C[C@H](NC1CCCCCC1C#N)c1cccc(Br)c1. The average molecular weight is 321 g/mol. The van der Waals surface area contributed by atoms with Crippen LogP contribution in [-0.2, 0) is 0 Å². The molecule has 19 heavy (non-hydrogen) atoms. The molecule has 102 valence electrons. The number of benzene rings is 1. The molecular weight excluding hydrogens is 300 g/mol. The van der Waals surface area contributed by atoms with E-state index in [1.807, 2.05) is 6.07 Å². The fourth-order valence-electron chi connectivity index (χ4n) is 2.85. The zero-order chi connectivity index (χ0) is 13.7. The van der Waals surface area contributed by atoms with Crippen molar-refractivity contribution in [3.05, 3.63) is 34.3 Å². The molecule has 0 heterocycles. The third-order valence-corrected chi connectivity index (χ3v) is 4.49. The predicted octanol–water partition coefficient (Wildman–Crippen LogP) is 4.57. The van der Waals surface area contributed by atoms with Gasteiger partial charge in [0.1, 0.15) is 0 Å². The van der Waals surface area contributed by atoms with Crippen molar-refractivity contribution in [2.45, 2.75) is 51.1 Å². The summed E-state index contributed by atoms with van der Waals surface area (Å²) in [5.41, 5.74) is 1.27. The van der Waals surface area contributed by atoms with Gasteiger partial charge < -0.3 is 5.32 Å². The third-order valence-electron chi connectivity index (χ3n) is 3.99. The van der Waals surface area contributed by atoms with Crippen molar-refractivity contribution in [1.82, 2.24) is 5.32 Å². The molecule has 0 saturated heterocycles. The molecule has 0 aromatic heterocycles. The molecule has 0 spiro atoms. The zero-order valence-corrected chi connectivity index (χ0v) is 13.0. The molecule has 0 amide bonds. The summed E-state index contributed by atoms with van der Waals surface area (Å²) in [6, 6.07) is 11.5. The van der Waals surface area contributed by atoms with Crippen molar-refractivity contribution in [3.63, 3.8) is 0 Å². The molecule has 1 N–H and O–H groups in total. The van der Waals surface area contributed by atoms with E-state index in [4.69, 9.17) is 0 Å². The zero-order valence-electron chi connectivity index (χ0n) is 11.4. The molecule has 1 fully saturated rings. The highest BCUT2D eigenvalue weighted by Crippen LogP contribution is 2.26. The number of hydrogen-bond acceptors (Lipinski definition) is 2. The summed E-state index contributed by atoms with van der Waals surface area (Å²) in [5, 5.41) is 13.0. The van der Waals surface area contributed by atoms with Gasteiger partial charge in [0.15, 0.2) is 0 Å². The molecule has 1 saturated carbocycles. The van der Waals surface area contributed by atoms with Crippen molar-refractivity contribution in [3.8, 4) is 6.07 Å². The van der Waals surface area contributed by atoms with Crippen LogP contribution in [0.1, 0.15) is 50.6 Å². The van der Waals surface area contributed by atoms with Gasteiger partial charge in [-0.2, -0.15) is 5.26 Å². The van der Waals surface area contributed by atoms with Gasteiger partial charge in [-0.1, -0.05) is 47.3 Å². The van der Waals surface area contributed by atoms with E-state index < -0.39 is 0 Å². The van der Waals surface area contributed by atoms with Gasteiger partial charge in [0.05, 0.1) is 12.0 Å². The van der Waals surface area contributed by atoms with Crippen LogP contribution in [0.4, 0.5) is 0 Å². The average Bonchev–Trinajstić information content (AvgIpc) is 2.63. The Morgan fingerprint density at radius 1 is 1.32 bits per heavy atom. The van der Waals surface area contributed by atoms with Crippen LogP contribution < -0.4 is 5.32 Å². The predicted molar refractivity (Wildman–Crippen MR) is 81.7 cm³/mol. The smallest absolute Gasteiger partial charge is 0.0672 e. The molecular formula is C16H21BrN2. The summed E-state index contributed by atoms with van der Waals surface area (Å²) in [4.78, 5) is 0. The number of nitrogens with one attached hydrogen (secondary N) is 1. The van der Waals surface area contributed by atoms with Crippen LogP contribution in [0, 0.1) is 17.2 Å². The van der Waals surface area contributed by atoms with Gasteiger partial charge in [-0.3, -0.25) is 0 Å². The fourth-order valence-corrected chi connectivity index (χ4v) is 3.27. The lowest BCUT2D eigenvalue weighted by atomic mass is 9.95. The summed E-state index contributed by atoms with van der Waals surface area (Å²) in [6.07, 6.45) is 5.86. The first-order valence-corrected chi connectivity index (χ1v) is 7.91. The Bertz CT molecular complexity index is 452. The minimum Gasteiger partial charge on any atom is -0.306 e. The Morgan fingerprint density at radius 2 is 2.11 bits per heavy atom. The molecule has 1 aliphatic rings. The molecule has 1 aliphatic carbocycles. The standard InChI is InChI=1S/C16H21BrN2/c1-12(13-7-5-8-15(17)10-13)19-16-9-4-2-3-6-14(16)11-18/h5,7-8,10,12,14,16,19H,2-4,6,9H2,1H3/t12-,14?,16?/m0/s1. The number of halogens is 1. The molecule has 0 bridgehead atoms. The van der Waals surface area contributed by atoms with Crippen molar-refractivity contribution < 1.29 is 0 Å². The van der Waals surface area contributed by atoms with E-state index in [0.29, 0.717) is 6.04 Å². The highest BCUT2D eigenvalue weighted by molar-refractivity contribution is 9.10. The molecule has 0 radical (unpaired) electrons. The Morgan fingerprint density at radius 3 is 2.84 bits per heavy atom. The van der Waals surface area contributed by atoms with Gasteiger partial charge >= 0.3 is 0 Å². The van der Waals surface area contributed by atoms with E-state index in [1.54, 1.807) is 0 Å². The van der Waals surface area contributed by atoms with Crippen molar-refractivity contribution in [2.75, 3.05) is 0 Å². The second kappa shape index (κ2) is 7.07. The maximum absolute atomic E-state index is 9.32. The van der Waals surface area contributed by atoms with E-state index in [-0.39, 0.29) is 12.0 Å². The van der Waals surface area contributed by atoms with Crippen LogP contribution in [0.5, 0.6) is 0 Å². The van der Waals surface area contributed by atoms with Crippen LogP contribution in [0.25, 0.3) is 0 Å². The highest BCUT2D eigenvalue weighted by atomic mass is 79.9. The van der Waals surface area contributed by atoms with Gasteiger partial charge in [0.2, 0.25) is 0 Å². The first-order valence-electron chi connectivity index (χ1n) is 7.12. The minimum absolute atomic E-state index is 0.164. The van der Waals surface area contributed by atoms with Crippen LogP contribution in [0.3, 0.4) is 0 Å². The van der Waals surface area contributed by atoms with Crippen LogP contribution in [-0.4, -0.2) is 6.04 Å². The Kier molecular flexibility index (Phi) is 5.42. The largest absolute Gasteiger partial charge is 0.306 e. The minimum atomic E-state index is 0.164. The van der Waals surface area contributed by atoms with E-state index in [9.17, 15) is 5.26 Å². The topological polar surface area (TPSA) is 35.8 Å². The van der Waals surface area contributed by atoms with Gasteiger partial charge in [-0.15, -0.1) is 0 Å². The van der Waals surface area contributed by atoms with E-state index >= 15 is 0 Å². The fraction of sp³-hybridized carbons (Fsp3) is 0.562. The highest BCUT2D eigenvalue weighted by Gasteiger charge is 2.24. The van der Waals surface area contributed by atoms with Gasteiger partial charge in [0.25, 0.3) is 0 Å². The molecule has 2 rings (SSSR count). The summed E-state index contributed by atoms with van der Waals surface area (Å²) >= 11 is 3.51. The van der Waals surface area contributed by atoms with E-state index in [0.717, 1.165) is 17.3 Å². The Labute approximate surface area is 124 Å². The summed E-state index contributed by atoms with van der Waals surface area (Å²) in [7, 11) is 0. The number of hydrogen-bond donors (Lipinski definition) is 1. The van der Waals surface area contributed by atoms with E-state index in [2.05, 4.69) is 52.4 Å². The lowest BCUT2D eigenvalue weighted by molar-refractivity contribution is 0.361. The van der Waals surface area contributed by atoms with Gasteiger partial charge in [-0.25, -0.2) is 0 Å². The molecule has 2 nitrogen and oxygen atoms in total. The summed E-state index contributed by atoms with van der Waals surface area (Å²) < 4.78 is 1.11. The molecule has 3 atom stereocenters. The second-order valence-electron chi connectivity index (χ2n) is 5.42. The molecule has 3 heteroatoms. The lowest BCUT2D eigenvalue weighted by Gasteiger charge is -2.25. The third kappa shape index (κ3) is 4.06. The quantitative estimate of drug-likeness (QED) is 0.828. The lowest BCUT2D eigenvalue weighted by Crippen LogP contribution is -2.36.